The molecule has 0 aliphatic carbocycles. The molecule has 1 fully saturated rings. The lowest BCUT2D eigenvalue weighted by atomic mass is 9.78. The standard InChI is InChI=1S/C29H34BN3O6S/c1-19-10-12-22(13-11-19)40(35,36)33-25(21-9-8-16-32(18-21)27(34)37-28(3,4)5)17-23-24(14-15-31-26(23)33)30-38-20(2)29(6,7)39-30/h10-15,17-18H,2,8-9,16H2,1,3-7H3. The predicted molar refractivity (Wildman–Crippen MR) is 154 cm³/mol. The van der Waals surface area contributed by atoms with E-state index in [4.69, 9.17) is 14.0 Å². The third-order valence-corrected chi connectivity index (χ3v) is 8.66. The zero-order valence-corrected chi connectivity index (χ0v) is 24.5. The van der Waals surface area contributed by atoms with E-state index < -0.39 is 34.4 Å². The molecule has 1 saturated heterocycles. The Kier molecular flexibility index (Phi) is 6.86. The first-order valence-electron chi connectivity index (χ1n) is 13.2. The molecule has 0 spiro atoms. The van der Waals surface area contributed by atoms with Crippen molar-refractivity contribution < 1.29 is 27.3 Å². The van der Waals surface area contributed by atoms with Crippen molar-refractivity contribution in [1.29, 1.82) is 0 Å². The SMILES string of the molecule is C=C1OB(c2ccnc3c2cc(C2=CN(C(=O)OC(C)(C)C)CCC2)n3S(=O)(=O)c2ccc(C)cc2)OC1(C)C. The molecule has 0 atom stereocenters. The largest absolute Gasteiger partial charge is 0.564 e. The number of rotatable bonds is 4. The number of benzene rings is 1. The first-order valence-corrected chi connectivity index (χ1v) is 14.7. The summed E-state index contributed by atoms with van der Waals surface area (Å²) in [5.41, 5.74) is 1.54. The van der Waals surface area contributed by atoms with Gasteiger partial charge in [0.15, 0.2) is 5.65 Å². The van der Waals surface area contributed by atoms with E-state index in [1.54, 1.807) is 48.8 Å². The van der Waals surface area contributed by atoms with Crippen molar-refractivity contribution in [2.75, 3.05) is 6.54 Å². The van der Waals surface area contributed by atoms with E-state index in [2.05, 4.69) is 11.6 Å². The van der Waals surface area contributed by atoms with Gasteiger partial charge in [0.2, 0.25) is 0 Å². The number of nitrogens with zero attached hydrogens (tertiary/aromatic N) is 3. The maximum Gasteiger partial charge on any atom is 0.564 e. The summed E-state index contributed by atoms with van der Waals surface area (Å²) in [7, 11) is -4.86. The van der Waals surface area contributed by atoms with Crippen LogP contribution in [0.25, 0.3) is 16.6 Å². The van der Waals surface area contributed by atoms with Crippen LogP contribution >= 0.6 is 0 Å². The first-order chi connectivity index (χ1) is 18.7. The third-order valence-electron chi connectivity index (χ3n) is 6.94. The number of fused-ring (bicyclic) bond motifs is 1. The van der Waals surface area contributed by atoms with Crippen LogP contribution in [0.15, 0.2) is 66.0 Å². The summed E-state index contributed by atoms with van der Waals surface area (Å²) in [4.78, 5) is 19.0. The summed E-state index contributed by atoms with van der Waals surface area (Å²) in [6.45, 7) is 15.5. The Morgan fingerprint density at radius 3 is 2.50 bits per heavy atom. The summed E-state index contributed by atoms with van der Waals surface area (Å²) in [6.07, 6.45) is 3.95. The fourth-order valence-electron chi connectivity index (χ4n) is 4.75. The molecule has 2 aliphatic rings. The summed E-state index contributed by atoms with van der Waals surface area (Å²) in [6, 6.07) is 10.2. The van der Waals surface area contributed by atoms with Crippen LogP contribution < -0.4 is 5.46 Å². The number of ether oxygens (including phenoxy) is 1. The maximum atomic E-state index is 14.2. The van der Waals surface area contributed by atoms with Crippen LogP contribution in [0.3, 0.4) is 0 Å². The van der Waals surface area contributed by atoms with E-state index in [-0.39, 0.29) is 10.5 Å². The van der Waals surface area contributed by atoms with Crippen LogP contribution in [0.5, 0.6) is 0 Å². The lowest BCUT2D eigenvalue weighted by Crippen LogP contribution is -2.35. The summed E-state index contributed by atoms with van der Waals surface area (Å²) in [5.74, 6) is 0.484. The maximum absolute atomic E-state index is 14.2. The molecule has 11 heteroatoms. The molecular formula is C29H34BN3O6S. The number of pyridine rings is 1. The van der Waals surface area contributed by atoms with Gasteiger partial charge < -0.3 is 14.0 Å². The molecule has 1 amide bonds. The van der Waals surface area contributed by atoms with Gasteiger partial charge in [0.25, 0.3) is 10.0 Å². The molecule has 0 unspecified atom stereocenters. The van der Waals surface area contributed by atoms with Gasteiger partial charge in [0, 0.05) is 29.8 Å². The van der Waals surface area contributed by atoms with Gasteiger partial charge in [-0.15, -0.1) is 0 Å². The van der Waals surface area contributed by atoms with Crippen molar-refractivity contribution in [3.05, 3.63) is 72.4 Å². The Balaban J connectivity index is 1.70. The zero-order valence-electron chi connectivity index (χ0n) is 23.7. The molecule has 210 valence electrons. The number of allylic oxidation sites excluding steroid dienone is 1. The number of aryl methyl sites for hydroxylation is 1. The minimum absolute atomic E-state index is 0.132. The van der Waals surface area contributed by atoms with Gasteiger partial charge in [0.1, 0.15) is 11.2 Å². The van der Waals surface area contributed by atoms with E-state index in [0.717, 1.165) is 5.56 Å². The molecule has 0 radical (unpaired) electrons. The van der Waals surface area contributed by atoms with Gasteiger partial charge in [-0.3, -0.25) is 4.90 Å². The van der Waals surface area contributed by atoms with Crippen molar-refractivity contribution in [3.63, 3.8) is 0 Å². The Labute approximate surface area is 235 Å². The number of hydrogen-bond acceptors (Lipinski definition) is 7. The van der Waals surface area contributed by atoms with Crippen molar-refractivity contribution in [2.24, 2.45) is 0 Å². The van der Waals surface area contributed by atoms with Gasteiger partial charge in [-0.2, -0.15) is 0 Å². The number of carbonyl (C=O) groups is 1. The Morgan fingerprint density at radius 2 is 1.88 bits per heavy atom. The fourth-order valence-corrected chi connectivity index (χ4v) is 6.25. The van der Waals surface area contributed by atoms with Gasteiger partial charge in [-0.1, -0.05) is 24.3 Å². The van der Waals surface area contributed by atoms with Gasteiger partial charge in [0.05, 0.1) is 16.3 Å². The second kappa shape index (κ2) is 9.81. The van der Waals surface area contributed by atoms with E-state index >= 15 is 0 Å². The summed E-state index contributed by atoms with van der Waals surface area (Å²) in [5, 5.41) is 0.568. The van der Waals surface area contributed by atoms with Gasteiger partial charge in [-0.25, -0.2) is 22.2 Å². The highest BCUT2D eigenvalue weighted by Gasteiger charge is 2.44. The van der Waals surface area contributed by atoms with Crippen LogP contribution in [-0.4, -0.2) is 53.2 Å². The molecule has 0 N–H and O–H groups in total. The van der Waals surface area contributed by atoms with Crippen LogP contribution in [0, 0.1) is 6.92 Å². The minimum Gasteiger partial charge on any atom is -0.534 e. The molecule has 2 aliphatic heterocycles. The van der Waals surface area contributed by atoms with Crippen molar-refractivity contribution in [3.8, 4) is 0 Å². The van der Waals surface area contributed by atoms with Crippen LogP contribution in [0.1, 0.15) is 58.7 Å². The normalized spacial score (nSPS) is 17.6. The highest BCUT2D eigenvalue weighted by Crippen LogP contribution is 2.35. The Bertz CT molecular complexity index is 1630. The smallest absolute Gasteiger partial charge is 0.534 e. The second-order valence-corrected chi connectivity index (χ2v) is 13.5. The average Bonchev–Trinajstić information content (AvgIpc) is 3.40. The molecule has 4 heterocycles. The highest BCUT2D eigenvalue weighted by atomic mass is 32.2. The lowest BCUT2D eigenvalue weighted by molar-refractivity contribution is 0.0329. The molecule has 3 aromatic rings. The summed E-state index contributed by atoms with van der Waals surface area (Å²) < 4.78 is 47.3. The molecule has 40 heavy (non-hydrogen) atoms. The van der Waals surface area contributed by atoms with Gasteiger partial charge >= 0.3 is 13.2 Å². The number of aromatic nitrogens is 2. The molecule has 5 rings (SSSR count). The van der Waals surface area contributed by atoms with E-state index in [1.807, 2.05) is 41.5 Å². The topological polar surface area (TPSA) is 100.0 Å². The predicted octanol–water partition coefficient (Wildman–Crippen LogP) is 4.99. The highest BCUT2D eigenvalue weighted by molar-refractivity contribution is 7.90. The van der Waals surface area contributed by atoms with Crippen LogP contribution in [0.2, 0.25) is 0 Å². The minimum atomic E-state index is -4.08. The number of amides is 1. The number of hydrogen-bond donors (Lipinski definition) is 0. The van der Waals surface area contributed by atoms with E-state index in [9.17, 15) is 13.2 Å². The quantitative estimate of drug-likeness (QED) is 0.413. The molecule has 0 bridgehead atoms. The third kappa shape index (κ3) is 5.15. The average molecular weight is 563 g/mol. The van der Waals surface area contributed by atoms with Gasteiger partial charge in [-0.05, 0) is 84.2 Å². The molecule has 0 saturated carbocycles. The molecule has 1 aromatic carbocycles. The monoisotopic (exact) mass is 563 g/mol. The first kappa shape index (κ1) is 28.0. The Hall–Kier alpha value is -3.57. The van der Waals surface area contributed by atoms with E-state index in [0.29, 0.717) is 47.3 Å². The molecule has 9 nitrogen and oxygen atoms in total. The molecule has 2 aromatic heterocycles. The van der Waals surface area contributed by atoms with Crippen molar-refractivity contribution >= 4 is 45.3 Å². The second-order valence-electron chi connectivity index (χ2n) is 11.7. The van der Waals surface area contributed by atoms with Crippen molar-refractivity contribution in [2.45, 2.75) is 70.5 Å². The number of carbonyl (C=O) groups excluding carboxylic acids is 1. The van der Waals surface area contributed by atoms with E-state index in [1.165, 1.54) is 8.87 Å². The lowest BCUT2D eigenvalue weighted by Gasteiger charge is -2.28. The van der Waals surface area contributed by atoms with Crippen LogP contribution in [-0.2, 0) is 24.1 Å². The zero-order chi connectivity index (χ0) is 29.0. The Morgan fingerprint density at radius 1 is 1.18 bits per heavy atom. The summed E-state index contributed by atoms with van der Waals surface area (Å²) >= 11 is 0. The van der Waals surface area contributed by atoms with Crippen molar-refractivity contribution in [1.82, 2.24) is 13.9 Å². The molecular weight excluding hydrogens is 529 g/mol. The fraction of sp³-hybridized carbons (Fsp3) is 0.379. The van der Waals surface area contributed by atoms with Crippen LogP contribution in [0.4, 0.5) is 4.79 Å².